The number of benzene rings is 1. The molecule has 6 heteroatoms. The van der Waals surface area contributed by atoms with Gasteiger partial charge in [-0.15, -0.1) is 0 Å². The fourth-order valence-corrected chi connectivity index (χ4v) is 3.58. The van der Waals surface area contributed by atoms with Gasteiger partial charge in [0.25, 0.3) is 0 Å². The molecule has 2 unspecified atom stereocenters. The maximum atomic E-state index is 12.5. The van der Waals surface area contributed by atoms with Gasteiger partial charge in [0.15, 0.2) is 0 Å². The van der Waals surface area contributed by atoms with Crippen LogP contribution in [0.15, 0.2) is 67.5 Å². The monoisotopic (exact) mass is 347 g/mol. The molecule has 0 saturated carbocycles. The number of carbonyl (C=O) groups is 1. The van der Waals surface area contributed by atoms with Gasteiger partial charge in [-0.3, -0.25) is 4.98 Å². The Kier molecular flexibility index (Phi) is 4.64. The summed E-state index contributed by atoms with van der Waals surface area (Å²) in [6.45, 7) is 0.471. The van der Waals surface area contributed by atoms with E-state index < -0.39 is 0 Å². The maximum absolute atomic E-state index is 12.5. The molecule has 0 fully saturated rings. The number of aromatic nitrogens is 3. The van der Waals surface area contributed by atoms with Crippen molar-refractivity contribution in [1.82, 2.24) is 25.2 Å². The van der Waals surface area contributed by atoms with Crippen LogP contribution in [-0.2, 0) is 13.0 Å². The van der Waals surface area contributed by atoms with Crippen molar-refractivity contribution in [2.75, 3.05) is 0 Å². The standard InChI is InChI=1S/C20H21N5O/c26-20(23-13-15-7-9-21-10-8-15)24-19-17-4-2-1-3-16(17)5-6-18(19)25-12-11-22-14-25/h1-4,7-12,14,18-19H,5-6,13H2,(H2,23,24,26). The summed E-state index contributed by atoms with van der Waals surface area (Å²) in [5, 5.41) is 6.11. The second-order valence-electron chi connectivity index (χ2n) is 6.47. The minimum Gasteiger partial charge on any atom is -0.334 e. The summed E-state index contributed by atoms with van der Waals surface area (Å²) in [7, 11) is 0. The second kappa shape index (κ2) is 7.39. The Balaban J connectivity index is 1.52. The number of fused-ring (bicyclic) bond motifs is 1. The molecule has 1 aliphatic carbocycles. The molecule has 2 heterocycles. The van der Waals surface area contributed by atoms with Crippen LogP contribution in [0, 0.1) is 0 Å². The summed E-state index contributed by atoms with van der Waals surface area (Å²) in [5.74, 6) is 0. The number of carbonyl (C=O) groups excluding carboxylic acids is 1. The van der Waals surface area contributed by atoms with Crippen LogP contribution < -0.4 is 10.6 Å². The van der Waals surface area contributed by atoms with Crippen molar-refractivity contribution in [2.24, 2.45) is 0 Å². The van der Waals surface area contributed by atoms with Gasteiger partial charge in [0.2, 0.25) is 0 Å². The number of hydrogen-bond donors (Lipinski definition) is 2. The lowest BCUT2D eigenvalue weighted by atomic mass is 9.84. The predicted molar refractivity (Wildman–Crippen MR) is 98.4 cm³/mol. The number of urea groups is 1. The first-order chi connectivity index (χ1) is 12.8. The van der Waals surface area contributed by atoms with E-state index >= 15 is 0 Å². The summed E-state index contributed by atoms with van der Waals surface area (Å²) >= 11 is 0. The highest BCUT2D eigenvalue weighted by molar-refractivity contribution is 5.74. The Bertz CT molecular complexity index is 863. The lowest BCUT2D eigenvalue weighted by Gasteiger charge is -2.35. The van der Waals surface area contributed by atoms with Crippen molar-refractivity contribution in [3.05, 3.63) is 84.2 Å². The first-order valence-corrected chi connectivity index (χ1v) is 8.80. The quantitative estimate of drug-likeness (QED) is 0.762. The van der Waals surface area contributed by atoms with E-state index in [4.69, 9.17) is 0 Å². The van der Waals surface area contributed by atoms with E-state index in [0.717, 1.165) is 18.4 Å². The SMILES string of the molecule is O=C(NCc1ccncc1)NC1c2ccccc2CCC1n1ccnc1. The van der Waals surface area contributed by atoms with Crippen LogP contribution >= 0.6 is 0 Å². The summed E-state index contributed by atoms with van der Waals surface area (Å²) in [5.41, 5.74) is 3.49. The first-order valence-electron chi connectivity index (χ1n) is 8.80. The van der Waals surface area contributed by atoms with E-state index in [1.54, 1.807) is 18.6 Å². The zero-order chi connectivity index (χ0) is 17.8. The van der Waals surface area contributed by atoms with Gasteiger partial charge in [-0.05, 0) is 41.7 Å². The van der Waals surface area contributed by atoms with Gasteiger partial charge >= 0.3 is 6.03 Å². The van der Waals surface area contributed by atoms with E-state index in [9.17, 15) is 4.79 Å². The Hall–Kier alpha value is -3.15. The number of nitrogens with one attached hydrogen (secondary N) is 2. The molecule has 0 spiro atoms. The highest BCUT2D eigenvalue weighted by Gasteiger charge is 2.31. The summed E-state index contributed by atoms with van der Waals surface area (Å²) in [6, 6.07) is 12.0. The van der Waals surface area contributed by atoms with Crippen molar-refractivity contribution in [3.8, 4) is 0 Å². The smallest absolute Gasteiger partial charge is 0.315 e. The fourth-order valence-electron chi connectivity index (χ4n) is 3.58. The minimum absolute atomic E-state index is 0.0911. The van der Waals surface area contributed by atoms with Crippen molar-refractivity contribution < 1.29 is 4.79 Å². The van der Waals surface area contributed by atoms with Gasteiger partial charge in [-0.2, -0.15) is 0 Å². The van der Waals surface area contributed by atoms with Crippen LogP contribution in [0.3, 0.4) is 0 Å². The molecule has 26 heavy (non-hydrogen) atoms. The van der Waals surface area contributed by atoms with Gasteiger partial charge in [-0.1, -0.05) is 24.3 Å². The van der Waals surface area contributed by atoms with E-state index in [1.807, 2.05) is 30.7 Å². The molecule has 2 N–H and O–H groups in total. The number of imidazole rings is 1. The molecule has 0 aliphatic heterocycles. The summed E-state index contributed by atoms with van der Waals surface area (Å²) < 4.78 is 2.09. The van der Waals surface area contributed by atoms with Gasteiger partial charge < -0.3 is 15.2 Å². The average molecular weight is 347 g/mol. The Morgan fingerprint density at radius 3 is 2.77 bits per heavy atom. The van der Waals surface area contributed by atoms with Gasteiger partial charge in [0.05, 0.1) is 18.4 Å². The molecule has 6 nitrogen and oxygen atoms in total. The second-order valence-corrected chi connectivity index (χ2v) is 6.47. The topological polar surface area (TPSA) is 71.8 Å². The highest BCUT2D eigenvalue weighted by atomic mass is 16.2. The molecule has 132 valence electrons. The molecular formula is C20H21N5O. The van der Waals surface area contributed by atoms with E-state index in [2.05, 4.69) is 43.4 Å². The molecular weight excluding hydrogens is 326 g/mol. The van der Waals surface area contributed by atoms with E-state index in [0.29, 0.717) is 6.54 Å². The van der Waals surface area contributed by atoms with Crippen LogP contribution in [0.1, 0.15) is 35.2 Å². The summed E-state index contributed by atoms with van der Waals surface area (Å²) in [6.07, 6.45) is 11.0. The number of amides is 2. The predicted octanol–water partition coefficient (Wildman–Crippen LogP) is 3.01. The van der Waals surface area contributed by atoms with Crippen molar-refractivity contribution in [1.29, 1.82) is 0 Å². The normalized spacial score (nSPS) is 18.8. The molecule has 1 aliphatic rings. The number of hydrogen-bond acceptors (Lipinski definition) is 3. The fraction of sp³-hybridized carbons (Fsp3) is 0.250. The third-order valence-electron chi connectivity index (χ3n) is 4.88. The van der Waals surface area contributed by atoms with Crippen LogP contribution in [0.4, 0.5) is 4.79 Å². The zero-order valence-corrected chi connectivity index (χ0v) is 14.4. The molecule has 0 radical (unpaired) electrons. The molecule has 1 aromatic carbocycles. The Morgan fingerprint density at radius 2 is 1.96 bits per heavy atom. The minimum atomic E-state index is -0.173. The number of rotatable bonds is 4. The zero-order valence-electron chi connectivity index (χ0n) is 14.4. The van der Waals surface area contributed by atoms with Crippen molar-refractivity contribution in [3.63, 3.8) is 0 Å². The van der Waals surface area contributed by atoms with E-state index in [-0.39, 0.29) is 18.1 Å². The van der Waals surface area contributed by atoms with Crippen LogP contribution in [0.2, 0.25) is 0 Å². The van der Waals surface area contributed by atoms with Crippen LogP contribution in [0.25, 0.3) is 0 Å². The molecule has 2 aromatic heterocycles. The molecule has 4 rings (SSSR count). The highest BCUT2D eigenvalue weighted by Crippen LogP contribution is 2.37. The molecule has 2 amide bonds. The molecule has 3 aromatic rings. The Labute approximate surface area is 152 Å². The first kappa shape index (κ1) is 16.3. The summed E-state index contributed by atoms with van der Waals surface area (Å²) in [4.78, 5) is 20.7. The maximum Gasteiger partial charge on any atom is 0.315 e. The van der Waals surface area contributed by atoms with E-state index in [1.165, 1.54) is 11.1 Å². The molecule has 2 atom stereocenters. The van der Waals surface area contributed by atoms with Gasteiger partial charge in [0, 0.05) is 31.3 Å². The largest absolute Gasteiger partial charge is 0.334 e. The number of nitrogens with zero attached hydrogens (tertiary/aromatic N) is 3. The van der Waals surface area contributed by atoms with Crippen molar-refractivity contribution in [2.45, 2.75) is 31.5 Å². The molecule has 0 saturated heterocycles. The van der Waals surface area contributed by atoms with Crippen molar-refractivity contribution >= 4 is 6.03 Å². The van der Waals surface area contributed by atoms with Crippen LogP contribution in [0.5, 0.6) is 0 Å². The third kappa shape index (κ3) is 3.44. The van der Waals surface area contributed by atoms with Crippen LogP contribution in [-0.4, -0.2) is 20.6 Å². The average Bonchev–Trinajstić information content (AvgIpc) is 3.22. The lowest BCUT2D eigenvalue weighted by molar-refractivity contribution is 0.227. The Morgan fingerprint density at radius 1 is 1.12 bits per heavy atom. The molecule has 0 bridgehead atoms. The number of pyridine rings is 1. The third-order valence-corrected chi connectivity index (χ3v) is 4.88. The number of aryl methyl sites for hydroxylation is 1. The van der Waals surface area contributed by atoms with Gasteiger partial charge in [0.1, 0.15) is 0 Å². The lowest BCUT2D eigenvalue weighted by Crippen LogP contribution is -2.42. The van der Waals surface area contributed by atoms with Gasteiger partial charge in [-0.25, -0.2) is 9.78 Å².